The lowest BCUT2D eigenvalue weighted by atomic mass is 9.72. The maximum absolute atomic E-state index is 2.58. The van der Waals surface area contributed by atoms with Crippen LogP contribution >= 0.6 is 0 Å². The summed E-state index contributed by atoms with van der Waals surface area (Å²) < 4.78 is 0. The number of hydrogen-bond acceptors (Lipinski definition) is 1. The maximum Gasteiger partial charge on any atom is 0.0125 e. The lowest BCUT2D eigenvalue weighted by molar-refractivity contribution is 0.111. The van der Waals surface area contributed by atoms with Gasteiger partial charge in [0.2, 0.25) is 0 Å². The maximum atomic E-state index is 2.58. The summed E-state index contributed by atoms with van der Waals surface area (Å²) in [4.78, 5) is 2.58. The van der Waals surface area contributed by atoms with E-state index in [0.717, 1.165) is 11.8 Å². The molecule has 2 fully saturated rings. The average molecular weight is 654 g/mol. The van der Waals surface area contributed by atoms with Crippen molar-refractivity contribution in [3.63, 3.8) is 0 Å². The molecular weight excluding hydrogens is 555 g/mol. The van der Waals surface area contributed by atoms with Gasteiger partial charge < -0.3 is 0 Å². The Morgan fingerprint density at radius 3 is 0.913 bits per heavy atom. The topological polar surface area (TPSA) is 3.24 Å². The molecule has 0 spiro atoms. The third kappa shape index (κ3) is 46.1. The Hall–Kier alpha value is -0.0400. The Labute approximate surface area is 298 Å². The van der Waals surface area contributed by atoms with Crippen molar-refractivity contribution in [2.75, 3.05) is 13.1 Å². The summed E-state index contributed by atoms with van der Waals surface area (Å²) in [6.07, 6.45) is 16.9. The van der Waals surface area contributed by atoms with Gasteiger partial charge in [0, 0.05) is 5.54 Å². The summed E-state index contributed by atoms with van der Waals surface area (Å²) in [5.74, 6) is 1.80. The highest BCUT2D eigenvalue weighted by Gasteiger charge is 2.25. The van der Waals surface area contributed by atoms with Crippen molar-refractivity contribution in [3.8, 4) is 0 Å². The zero-order valence-corrected chi connectivity index (χ0v) is 37.5. The second-order valence-electron chi connectivity index (χ2n) is 22.1. The van der Waals surface area contributed by atoms with Crippen LogP contribution < -0.4 is 0 Å². The first-order valence-corrected chi connectivity index (χ1v) is 20.0. The van der Waals surface area contributed by atoms with Crippen molar-refractivity contribution in [3.05, 3.63) is 0 Å². The van der Waals surface area contributed by atoms with Gasteiger partial charge in [-0.25, -0.2) is 0 Å². The van der Waals surface area contributed by atoms with Gasteiger partial charge in [-0.15, -0.1) is 0 Å². The van der Waals surface area contributed by atoms with E-state index in [1.54, 1.807) is 0 Å². The molecule has 2 rings (SSSR count). The first-order chi connectivity index (χ1) is 20.3. The molecular formula is C45H99N. The summed E-state index contributed by atoms with van der Waals surface area (Å²) in [5.41, 5.74) is 3.07. The second-order valence-corrected chi connectivity index (χ2v) is 22.1. The number of rotatable bonds is 2. The van der Waals surface area contributed by atoms with Crippen LogP contribution in [0.4, 0.5) is 0 Å². The number of hydrogen-bond donors (Lipinski definition) is 0. The van der Waals surface area contributed by atoms with Gasteiger partial charge in [-0.3, -0.25) is 4.90 Å². The van der Waals surface area contributed by atoms with Crippen molar-refractivity contribution in [1.29, 1.82) is 0 Å². The van der Waals surface area contributed by atoms with Crippen LogP contribution in [0.15, 0.2) is 0 Å². The lowest BCUT2D eigenvalue weighted by Gasteiger charge is -2.38. The molecule has 1 saturated heterocycles. The predicted molar refractivity (Wildman–Crippen MR) is 219 cm³/mol. The summed E-state index contributed by atoms with van der Waals surface area (Å²) in [5, 5.41) is 0. The molecule has 46 heavy (non-hydrogen) atoms. The van der Waals surface area contributed by atoms with Crippen LogP contribution in [0, 0.1) is 38.9 Å². The zero-order valence-electron chi connectivity index (χ0n) is 37.5. The second kappa shape index (κ2) is 25.0. The Morgan fingerprint density at radius 2 is 0.783 bits per heavy atom. The molecule has 1 saturated carbocycles. The van der Waals surface area contributed by atoms with Crippen LogP contribution in [0.3, 0.4) is 0 Å². The minimum atomic E-state index is 0.403. The summed E-state index contributed by atoms with van der Waals surface area (Å²) in [6.45, 7) is 54.8. The molecule has 1 heterocycles. The lowest BCUT2D eigenvalue weighted by Crippen LogP contribution is -2.44. The highest BCUT2D eigenvalue weighted by Crippen LogP contribution is 2.37. The van der Waals surface area contributed by atoms with Crippen LogP contribution in [0.1, 0.15) is 236 Å². The molecule has 284 valence electrons. The monoisotopic (exact) mass is 654 g/mol. The smallest absolute Gasteiger partial charge is 0.0125 e. The normalized spacial score (nSPS) is 17.0. The van der Waals surface area contributed by atoms with Gasteiger partial charge in [0.05, 0.1) is 0 Å². The Bertz CT molecular complexity index is 580. The molecule has 2 aliphatic rings. The van der Waals surface area contributed by atoms with Gasteiger partial charge in [-0.1, -0.05) is 177 Å². The van der Waals surface area contributed by atoms with E-state index in [1.165, 1.54) is 90.1 Å². The highest BCUT2D eigenvalue weighted by molar-refractivity contribution is 4.78. The Morgan fingerprint density at radius 1 is 0.500 bits per heavy atom. The van der Waals surface area contributed by atoms with E-state index in [4.69, 9.17) is 0 Å². The molecule has 0 N–H and O–H groups in total. The average Bonchev–Trinajstić information content (AvgIpc) is 2.83. The van der Waals surface area contributed by atoms with Crippen molar-refractivity contribution >= 4 is 0 Å². The van der Waals surface area contributed by atoms with Crippen LogP contribution in [0.25, 0.3) is 0 Å². The highest BCUT2D eigenvalue weighted by atomic mass is 15.2. The first kappa shape index (κ1) is 52.8. The van der Waals surface area contributed by atoms with Crippen molar-refractivity contribution < 1.29 is 0 Å². The number of likely N-dealkylation sites (tertiary alicyclic amines) is 1. The molecule has 0 aromatic carbocycles. The summed E-state index contributed by atoms with van der Waals surface area (Å²) in [6, 6.07) is 0. The molecule has 1 aliphatic carbocycles. The fraction of sp³-hybridized carbons (Fsp3) is 1.00. The van der Waals surface area contributed by atoms with Crippen LogP contribution in [0.2, 0.25) is 0 Å². The molecule has 1 nitrogen and oxygen atoms in total. The molecule has 0 amide bonds. The van der Waals surface area contributed by atoms with Crippen LogP contribution in [-0.2, 0) is 0 Å². The minimum absolute atomic E-state index is 0.403. The van der Waals surface area contributed by atoms with E-state index in [0.29, 0.717) is 32.6 Å². The molecule has 0 aromatic heterocycles. The minimum Gasteiger partial charge on any atom is -0.298 e. The SMILES string of the molecule is CC(C)(C)C.CC(C)(C)C1CCCCC1.CC(C)(C)N1CCCCC1.CC(C)C(C)(C)C.CCCC(C)(C)C.CCCC(C)(C)C. The number of piperidine rings is 1. The van der Waals surface area contributed by atoms with E-state index in [9.17, 15) is 0 Å². The molecule has 0 bridgehead atoms. The third-order valence-corrected chi connectivity index (χ3v) is 8.87. The van der Waals surface area contributed by atoms with Gasteiger partial charge in [0.25, 0.3) is 0 Å². The van der Waals surface area contributed by atoms with E-state index < -0.39 is 0 Å². The van der Waals surface area contributed by atoms with E-state index in [1.807, 2.05) is 0 Å². The largest absolute Gasteiger partial charge is 0.298 e. The van der Waals surface area contributed by atoms with Crippen molar-refractivity contribution in [2.24, 2.45) is 38.9 Å². The molecule has 0 aromatic rings. The molecule has 0 unspecified atom stereocenters. The van der Waals surface area contributed by atoms with Crippen LogP contribution in [-0.4, -0.2) is 23.5 Å². The van der Waals surface area contributed by atoms with E-state index in [2.05, 4.69) is 164 Å². The van der Waals surface area contributed by atoms with E-state index >= 15 is 0 Å². The van der Waals surface area contributed by atoms with Gasteiger partial charge >= 0.3 is 0 Å². The standard InChI is InChI=1S/C10H20.C9H19N.3C7H16.C5H12/c1-10(2,3)9-7-5-4-6-8-9;1-9(2,3)10-7-5-4-6-8-10;1-6(2)7(3,4)5;2*1-5-6-7(2,3)4;1-5(2,3)4/h9H,4-8H2,1-3H3;4-8H2,1-3H3;6H,1-5H3;2*5-6H2,1-4H3;1-4H3. The Kier molecular flexibility index (Phi) is 28.7. The molecule has 1 heteroatoms. The molecule has 0 radical (unpaired) electrons. The van der Waals surface area contributed by atoms with Crippen molar-refractivity contribution in [1.82, 2.24) is 4.90 Å². The molecule has 1 aliphatic heterocycles. The quantitative estimate of drug-likeness (QED) is 0.287. The van der Waals surface area contributed by atoms with E-state index in [-0.39, 0.29) is 0 Å². The van der Waals surface area contributed by atoms with Gasteiger partial charge in [0.1, 0.15) is 0 Å². The predicted octanol–water partition coefficient (Wildman–Crippen LogP) is 16.3. The van der Waals surface area contributed by atoms with Crippen LogP contribution in [0.5, 0.6) is 0 Å². The summed E-state index contributed by atoms with van der Waals surface area (Å²) >= 11 is 0. The number of nitrogens with zero attached hydrogens (tertiary/aromatic N) is 1. The molecule has 0 atom stereocenters. The fourth-order valence-electron chi connectivity index (χ4n) is 5.03. The summed E-state index contributed by atoms with van der Waals surface area (Å²) in [7, 11) is 0. The third-order valence-electron chi connectivity index (χ3n) is 8.87. The van der Waals surface area contributed by atoms with Gasteiger partial charge in [-0.2, -0.15) is 0 Å². The van der Waals surface area contributed by atoms with Gasteiger partial charge in [-0.05, 0) is 111 Å². The fourth-order valence-corrected chi connectivity index (χ4v) is 5.03. The zero-order chi connectivity index (χ0) is 37.6. The van der Waals surface area contributed by atoms with Crippen molar-refractivity contribution in [2.45, 2.75) is 242 Å². The Balaban J connectivity index is -0.000000234. The van der Waals surface area contributed by atoms with Gasteiger partial charge in [0.15, 0.2) is 0 Å². The first-order valence-electron chi connectivity index (χ1n) is 20.0.